The second-order valence-electron chi connectivity index (χ2n) is 3.29. The van der Waals surface area contributed by atoms with Gasteiger partial charge in [0.05, 0.1) is 18.1 Å². The van der Waals surface area contributed by atoms with Crippen LogP contribution >= 0.6 is 0 Å². The first-order chi connectivity index (χ1) is 8.79. The van der Waals surface area contributed by atoms with Gasteiger partial charge in [-0.1, -0.05) is 0 Å². The van der Waals surface area contributed by atoms with Gasteiger partial charge in [0, 0.05) is 5.56 Å². The second-order valence-corrected chi connectivity index (χ2v) is 3.29. The average Bonchev–Trinajstić information content (AvgIpc) is 2.31. The van der Waals surface area contributed by atoms with Crippen LogP contribution in [0.5, 0.6) is 0 Å². The number of alkyl halides is 3. The summed E-state index contributed by atoms with van der Waals surface area (Å²) >= 11 is 0. The molecule has 0 amide bonds. The fourth-order valence-corrected chi connectivity index (χ4v) is 1.47. The predicted octanol–water partition coefficient (Wildman–Crippen LogP) is 2.79. The van der Waals surface area contributed by atoms with E-state index >= 15 is 0 Å². The molecule has 0 aromatic heterocycles. The van der Waals surface area contributed by atoms with Gasteiger partial charge in [-0.05, 0) is 0 Å². The number of nitrogens with zero attached hydrogens (tertiary/aromatic N) is 3. The summed E-state index contributed by atoms with van der Waals surface area (Å²) in [4.78, 5) is 0. The lowest BCUT2D eigenvalue weighted by Crippen LogP contribution is -2.16. The molecule has 0 atom stereocenters. The zero-order valence-electron chi connectivity index (χ0n) is 8.94. The van der Waals surface area contributed by atoms with E-state index in [1.165, 1.54) is 6.07 Å². The summed E-state index contributed by atoms with van der Waals surface area (Å²) in [6.45, 7) is 0. The minimum absolute atomic E-state index is 0.821. The predicted molar refractivity (Wildman–Crippen MR) is 50.1 cm³/mol. The molecule has 1 rings (SSSR count). The van der Waals surface area contributed by atoms with Crippen molar-refractivity contribution in [3.05, 3.63) is 33.9 Å². The maximum Gasteiger partial charge on any atom is 0.420 e. The number of hydrogen-bond donors (Lipinski definition) is 0. The molecule has 0 bridgehead atoms. The van der Waals surface area contributed by atoms with Gasteiger partial charge in [0.25, 0.3) is 0 Å². The van der Waals surface area contributed by atoms with Crippen molar-refractivity contribution < 1.29 is 22.0 Å². The number of benzene rings is 1. The SMILES string of the molecule is N#CCc1c(F)c(C#N)c(C(F)(F)F)c(F)c1C#N. The molecule has 96 valence electrons. The molecule has 19 heavy (non-hydrogen) atoms. The highest BCUT2D eigenvalue weighted by Crippen LogP contribution is 2.37. The standard InChI is InChI=1S/C11H2F5N3/c12-9-5(1-2-17)6(3-18)10(13)8(7(9)4-19)11(14,15)16/h1H2. The van der Waals surface area contributed by atoms with Gasteiger partial charge in [0.2, 0.25) is 0 Å². The zero-order valence-corrected chi connectivity index (χ0v) is 8.94. The molecular formula is C11H2F5N3. The molecule has 3 nitrogen and oxygen atoms in total. The van der Waals surface area contributed by atoms with Crippen LogP contribution in [0.4, 0.5) is 22.0 Å². The minimum atomic E-state index is -5.33. The Kier molecular flexibility index (Phi) is 3.72. The first kappa shape index (κ1) is 14.4. The molecule has 1 aromatic rings. The lowest BCUT2D eigenvalue weighted by molar-refractivity contribution is -0.140. The van der Waals surface area contributed by atoms with Crippen LogP contribution in [0.1, 0.15) is 22.3 Å². The van der Waals surface area contributed by atoms with E-state index in [1.54, 1.807) is 0 Å². The fraction of sp³-hybridized carbons (Fsp3) is 0.182. The van der Waals surface area contributed by atoms with Crippen molar-refractivity contribution >= 4 is 0 Å². The van der Waals surface area contributed by atoms with E-state index in [-0.39, 0.29) is 0 Å². The van der Waals surface area contributed by atoms with Crippen LogP contribution in [0.2, 0.25) is 0 Å². The van der Waals surface area contributed by atoms with Crippen LogP contribution in [-0.4, -0.2) is 0 Å². The molecule has 0 saturated heterocycles. The molecule has 0 aliphatic heterocycles. The maximum atomic E-state index is 13.7. The molecule has 1 aromatic carbocycles. The summed E-state index contributed by atoms with van der Waals surface area (Å²) in [7, 11) is 0. The molecule has 0 radical (unpaired) electrons. The Morgan fingerprint density at radius 3 is 1.79 bits per heavy atom. The van der Waals surface area contributed by atoms with Crippen molar-refractivity contribution in [2.24, 2.45) is 0 Å². The van der Waals surface area contributed by atoms with Crippen LogP contribution in [0.3, 0.4) is 0 Å². The Hall–Kier alpha value is -2.66. The van der Waals surface area contributed by atoms with Crippen molar-refractivity contribution in [3.63, 3.8) is 0 Å². The molecular weight excluding hydrogens is 269 g/mol. The molecule has 0 unspecified atom stereocenters. The van der Waals surface area contributed by atoms with Crippen LogP contribution in [0.15, 0.2) is 0 Å². The van der Waals surface area contributed by atoms with Crippen molar-refractivity contribution in [1.29, 1.82) is 15.8 Å². The van der Waals surface area contributed by atoms with E-state index in [4.69, 9.17) is 15.8 Å². The highest BCUT2D eigenvalue weighted by molar-refractivity contribution is 5.53. The number of nitriles is 3. The fourth-order valence-electron chi connectivity index (χ4n) is 1.47. The molecule has 8 heteroatoms. The van der Waals surface area contributed by atoms with Gasteiger partial charge in [-0.25, -0.2) is 8.78 Å². The molecule has 0 aliphatic rings. The van der Waals surface area contributed by atoms with Gasteiger partial charge < -0.3 is 0 Å². The van der Waals surface area contributed by atoms with E-state index in [9.17, 15) is 22.0 Å². The molecule has 0 saturated carbocycles. The highest BCUT2D eigenvalue weighted by Gasteiger charge is 2.41. The summed E-state index contributed by atoms with van der Waals surface area (Å²) in [5.74, 6) is -3.74. The van der Waals surface area contributed by atoms with Gasteiger partial charge in [-0.2, -0.15) is 29.0 Å². The third-order valence-electron chi connectivity index (χ3n) is 2.24. The largest absolute Gasteiger partial charge is 0.420 e. The number of hydrogen-bond acceptors (Lipinski definition) is 3. The zero-order chi connectivity index (χ0) is 14.8. The third-order valence-corrected chi connectivity index (χ3v) is 2.24. The van der Waals surface area contributed by atoms with Gasteiger partial charge in [-0.15, -0.1) is 0 Å². The van der Waals surface area contributed by atoms with E-state index in [2.05, 4.69) is 0 Å². The normalized spacial score (nSPS) is 10.4. The quantitative estimate of drug-likeness (QED) is 0.737. The van der Waals surface area contributed by atoms with Crippen molar-refractivity contribution in [1.82, 2.24) is 0 Å². The summed E-state index contributed by atoms with van der Waals surface area (Å²) in [5.41, 5.74) is -5.77. The summed E-state index contributed by atoms with van der Waals surface area (Å²) in [5, 5.41) is 25.5. The summed E-state index contributed by atoms with van der Waals surface area (Å²) < 4.78 is 65.0. The van der Waals surface area contributed by atoms with Crippen molar-refractivity contribution in [2.75, 3.05) is 0 Å². The van der Waals surface area contributed by atoms with Crippen molar-refractivity contribution in [3.8, 4) is 18.2 Å². The molecule has 0 spiro atoms. The number of halogens is 5. The molecule has 0 fully saturated rings. The Labute approximate surface area is 103 Å². The first-order valence-corrected chi connectivity index (χ1v) is 4.57. The van der Waals surface area contributed by atoms with Crippen LogP contribution < -0.4 is 0 Å². The Bertz CT molecular complexity index is 656. The van der Waals surface area contributed by atoms with Crippen LogP contribution in [0.25, 0.3) is 0 Å². The second kappa shape index (κ2) is 4.91. The Balaban J connectivity index is 3.92. The van der Waals surface area contributed by atoms with E-state index < -0.39 is 46.5 Å². The minimum Gasteiger partial charge on any atom is -0.205 e. The topological polar surface area (TPSA) is 71.4 Å². The smallest absolute Gasteiger partial charge is 0.205 e. The van der Waals surface area contributed by atoms with Gasteiger partial charge >= 0.3 is 6.18 Å². The third kappa shape index (κ3) is 2.31. The summed E-state index contributed by atoms with van der Waals surface area (Å²) in [6, 6.07) is 3.37. The van der Waals surface area contributed by atoms with E-state index in [1.807, 2.05) is 0 Å². The Morgan fingerprint density at radius 1 is 0.895 bits per heavy atom. The monoisotopic (exact) mass is 271 g/mol. The average molecular weight is 271 g/mol. The maximum absolute atomic E-state index is 13.7. The first-order valence-electron chi connectivity index (χ1n) is 4.57. The van der Waals surface area contributed by atoms with Crippen LogP contribution in [0, 0.1) is 45.6 Å². The van der Waals surface area contributed by atoms with E-state index in [0.717, 1.165) is 12.1 Å². The summed E-state index contributed by atoms with van der Waals surface area (Å²) in [6.07, 6.45) is -6.15. The number of rotatable bonds is 1. The van der Waals surface area contributed by atoms with E-state index in [0.29, 0.717) is 0 Å². The van der Waals surface area contributed by atoms with Gasteiger partial charge in [0.1, 0.15) is 29.1 Å². The Morgan fingerprint density at radius 2 is 1.42 bits per heavy atom. The van der Waals surface area contributed by atoms with Gasteiger partial charge in [-0.3, -0.25) is 0 Å². The molecule has 0 aliphatic carbocycles. The van der Waals surface area contributed by atoms with Crippen LogP contribution in [-0.2, 0) is 12.6 Å². The molecule has 0 heterocycles. The lowest BCUT2D eigenvalue weighted by atomic mass is 9.95. The van der Waals surface area contributed by atoms with Crippen molar-refractivity contribution in [2.45, 2.75) is 12.6 Å². The molecule has 0 N–H and O–H groups in total. The lowest BCUT2D eigenvalue weighted by Gasteiger charge is -2.14. The van der Waals surface area contributed by atoms with Gasteiger partial charge in [0.15, 0.2) is 5.82 Å². The highest BCUT2D eigenvalue weighted by atomic mass is 19.4.